The maximum atomic E-state index is 3.67. The highest BCUT2D eigenvalue weighted by molar-refractivity contribution is 4.92. The second-order valence-corrected chi connectivity index (χ2v) is 5.45. The number of nitrogens with zero attached hydrogens (tertiary/aromatic N) is 1. The second-order valence-electron chi connectivity index (χ2n) is 5.45. The number of hydrogen-bond donors (Lipinski definition) is 1. The van der Waals surface area contributed by atoms with Crippen LogP contribution >= 0.6 is 0 Å². The van der Waals surface area contributed by atoms with Crippen molar-refractivity contribution in [3.63, 3.8) is 0 Å². The average molecular weight is 194 g/mol. The largest absolute Gasteiger partial charge is 0.312 e. The molecule has 1 saturated carbocycles. The highest BCUT2D eigenvalue weighted by atomic mass is 15.2. The number of likely N-dealkylation sites (tertiary alicyclic amines) is 1. The molecule has 3 fully saturated rings. The van der Waals surface area contributed by atoms with E-state index in [1.165, 1.54) is 58.3 Å². The molecule has 0 spiro atoms. The molecule has 0 aromatic rings. The number of hydrogen-bond acceptors (Lipinski definition) is 2. The van der Waals surface area contributed by atoms with Crippen LogP contribution in [0.1, 0.15) is 32.1 Å². The number of fused-ring (bicyclic) bond motifs is 1. The minimum atomic E-state index is 0.836. The van der Waals surface area contributed by atoms with Gasteiger partial charge in [0.1, 0.15) is 0 Å². The van der Waals surface area contributed by atoms with Gasteiger partial charge in [0.05, 0.1) is 0 Å². The maximum absolute atomic E-state index is 3.67. The predicted octanol–water partition coefficient (Wildman–Crippen LogP) is 1.47. The normalized spacial score (nSPS) is 38.6. The predicted molar refractivity (Wildman–Crippen MR) is 58.3 cm³/mol. The summed E-state index contributed by atoms with van der Waals surface area (Å²) in [6.07, 6.45) is 7.37. The third-order valence-electron chi connectivity index (χ3n) is 4.23. The van der Waals surface area contributed by atoms with Gasteiger partial charge in [0.15, 0.2) is 0 Å². The molecule has 0 aromatic heterocycles. The summed E-state index contributed by atoms with van der Waals surface area (Å²) < 4.78 is 0. The fourth-order valence-electron chi connectivity index (χ4n) is 3.09. The second kappa shape index (κ2) is 3.82. The molecule has 2 unspecified atom stereocenters. The summed E-state index contributed by atoms with van der Waals surface area (Å²) in [5.74, 6) is 2.08. The lowest BCUT2D eigenvalue weighted by Gasteiger charge is -2.24. The zero-order chi connectivity index (χ0) is 9.38. The summed E-state index contributed by atoms with van der Waals surface area (Å²) in [6.45, 7) is 5.35. The van der Waals surface area contributed by atoms with Gasteiger partial charge in [-0.05, 0) is 44.2 Å². The highest BCUT2D eigenvalue weighted by Gasteiger charge is 2.34. The smallest absolute Gasteiger partial charge is 0.0235 e. The molecule has 1 N–H and O–H groups in total. The molecule has 3 rings (SSSR count). The molecule has 2 heterocycles. The van der Waals surface area contributed by atoms with Crippen molar-refractivity contribution in [1.29, 1.82) is 0 Å². The number of nitrogens with one attached hydrogen (secondary N) is 1. The van der Waals surface area contributed by atoms with Crippen LogP contribution in [0.4, 0.5) is 0 Å². The van der Waals surface area contributed by atoms with E-state index in [1.54, 1.807) is 0 Å². The Labute approximate surface area is 87.0 Å². The SMILES string of the molecule is C1CNC2CN(CCC3CC3)CC2C1. The summed E-state index contributed by atoms with van der Waals surface area (Å²) in [5.41, 5.74) is 0. The molecule has 2 saturated heterocycles. The van der Waals surface area contributed by atoms with Gasteiger partial charge in [-0.3, -0.25) is 0 Å². The molecular weight excluding hydrogens is 172 g/mol. The van der Waals surface area contributed by atoms with E-state index in [1.807, 2.05) is 0 Å². The molecule has 2 atom stereocenters. The van der Waals surface area contributed by atoms with Crippen LogP contribution in [0.5, 0.6) is 0 Å². The van der Waals surface area contributed by atoms with Gasteiger partial charge in [-0.2, -0.15) is 0 Å². The third-order valence-corrected chi connectivity index (χ3v) is 4.23. The van der Waals surface area contributed by atoms with E-state index < -0.39 is 0 Å². The first-order valence-electron chi connectivity index (χ1n) is 6.37. The average Bonchev–Trinajstić information content (AvgIpc) is 2.94. The number of piperidine rings is 1. The molecule has 2 nitrogen and oxygen atoms in total. The summed E-state index contributed by atoms with van der Waals surface area (Å²) in [7, 11) is 0. The Hall–Kier alpha value is -0.0800. The lowest BCUT2D eigenvalue weighted by atomic mass is 9.94. The van der Waals surface area contributed by atoms with Crippen LogP contribution in [-0.2, 0) is 0 Å². The Morgan fingerprint density at radius 2 is 2.07 bits per heavy atom. The minimum absolute atomic E-state index is 0.836. The first-order valence-corrected chi connectivity index (χ1v) is 6.37. The van der Waals surface area contributed by atoms with Gasteiger partial charge < -0.3 is 10.2 Å². The van der Waals surface area contributed by atoms with Crippen molar-refractivity contribution >= 4 is 0 Å². The van der Waals surface area contributed by atoms with Gasteiger partial charge in [0, 0.05) is 19.1 Å². The number of rotatable bonds is 3. The topological polar surface area (TPSA) is 15.3 Å². The van der Waals surface area contributed by atoms with Crippen LogP contribution in [0, 0.1) is 11.8 Å². The van der Waals surface area contributed by atoms with E-state index in [2.05, 4.69) is 10.2 Å². The molecule has 2 heteroatoms. The Balaban J connectivity index is 1.47. The van der Waals surface area contributed by atoms with Gasteiger partial charge in [-0.1, -0.05) is 12.8 Å². The Morgan fingerprint density at radius 1 is 1.14 bits per heavy atom. The quantitative estimate of drug-likeness (QED) is 0.732. The van der Waals surface area contributed by atoms with Crippen molar-refractivity contribution in [3.8, 4) is 0 Å². The summed E-state index contributed by atoms with van der Waals surface area (Å²) in [6, 6.07) is 0.836. The molecule has 1 aliphatic carbocycles. The van der Waals surface area contributed by atoms with Crippen LogP contribution in [0.3, 0.4) is 0 Å². The molecule has 14 heavy (non-hydrogen) atoms. The molecule has 80 valence electrons. The van der Waals surface area contributed by atoms with Crippen molar-refractivity contribution in [2.75, 3.05) is 26.2 Å². The van der Waals surface area contributed by atoms with Crippen LogP contribution in [0.15, 0.2) is 0 Å². The Morgan fingerprint density at radius 3 is 2.86 bits per heavy atom. The van der Waals surface area contributed by atoms with Crippen molar-refractivity contribution in [2.45, 2.75) is 38.1 Å². The van der Waals surface area contributed by atoms with Gasteiger partial charge in [-0.15, -0.1) is 0 Å². The van der Waals surface area contributed by atoms with Crippen molar-refractivity contribution in [1.82, 2.24) is 10.2 Å². The Bertz CT molecular complexity index is 186. The van der Waals surface area contributed by atoms with Crippen LogP contribution < -0.4 is 5.32 Å². The molecular formula is C12H22N2. The van der Waals surface area contributed by atoms with E-state index in [4.69, 9.17) is 0 Å². The van der Waals surface area contributed by atoms with E-state index in [9.17, 15) is 0 Å². The van der Waals surface area contributed by atoms with Crippen LogP contribution in [0.25, 0.3) is 0 Å². The molecule has 0 bridgehead atoms. The van der Waals surface area contributed by atoms with E-state index in [0.29, 0.717) is 0 Å². The van der Waals surface area contributed by atoms with Crippen molar-refractivity contribution < 1.29 is 0 Å². The lowest BCUT2D eigenvalue weighted by Crippen LogP contribution is -2.40. The van der Waals surface area contributed by atoms with Crippen LogP contribution in [-0.4, -0.2) is 37.1 Å². The van der Waals surface area contributed by atoms with Crippen LogP contribution in [0.2, 0.25) is 0 Å². The minimum Gasteiger partial charge on any atom is -0.312 e. The van der Waals surface area contributed by atoms with Crippen molar-refractivity contribution in [2.24, 2.45) is 11.8 Å². The van der Waals surface area contributed by atoms with Gasteiger partial charge in [-0.25, -0.2) is 0 Å². The highest BCUT2D eigenvalue weighted by Crippen LogP contribution is 2.33. The molecule has 0 amide bonds. The molecule has 0 radical (unpaired) electrons. The lowest BCUT2D eigenvalue weighted by molar-refractivity contribution is 0.309. The fraction of sp³-hybridized carbons (Fsp3) is 1.00. The van der Waals surface area contributed by atoms with E-state index >= 15 is 0 Å². The van der Waals surface area contributed by atoms with Gasteiger partial charge in [0.2, 0.25) is 0 Å². The van der Waals surface area contributed by atoms with Gasteiger partial charge >= 0.3 is 0 Å². The first kappa shape index (κ1) is 9.17. The third kappa shape index (κ3) is 1.96. The molecule has 0 aromatic carbocycles. The summed E-state index contributed by atoms with van der Waals surface area (Å²) in [5, 5.41) is 3.67. The zero-order valence-corrected chi connectivity index (χ0v) is 9.04. The standard InChI is InChI=1S/C12H22N2/c1-2-11-8-14(7-5-10-3-4-10)9-12(11)13-6-1/h10-13H,1-9H2. The van der Waals surface area contributed by atoms with E-state index in [-0.39, 0.29) is 0 Å². The maximum Gasteiger partial charge on any atom is 0.0235 e. The molecule has 3 aliphatic rings. The Kier molecular flexibility index (Phi) is 2.50. The first-order chi connectivity index (χ1) is 6.92. The fourth-order valence-corrected chi connectivity index (χ4v) is 3.09. The van der Waals surface area contributed by atoms with Gasteiger partial charge in [0.25, 0.3) is 0 Å². The summed E-state index contributed by atoms with van der Waals surface area (Å²) in [4.78, 5) is 2.70. The monoisotopic (exact) mass is 194 g/mol. The summed E-state index contributed by atoms with van der Waals surface area (Å²) >= 11 is 0. The van der Waals surface area contributed by atoms with Crippen molar-refractivity contribution in [3.05, 3.63) is 0 Å². The zero-order valence-electron chi connectivity index (χ0n) is 9.04. The van der Waals surface area contributed by atoms with E-state index in [0.717, 1.165) is 17.9 Å². The molecule has 2 aliphatic heterocycles.